The lowest BCUT2D eigenvalue weighted by molar-refractivity contribution is -0.136. The molecule has 0 radical (unpaired) electrons. The molecule has 164 valence electrons. The summed E-state index contributed by atoms with van der Waals surface area (Å²) in [6.45, 7) is 2.11. The van der Waals surface area contributed by atoms with Crippen molar-refractivity contribution in [1.29, 1.82) is 0 Å². The van der Waals surface area contributed by atoms with Crippen LogP contribution in [0.4, 0.5) is 0 Å². The Balaban J connectivity index is 1.41. The number of rotatable bonds is 6. The molecule has 1 aromatic rings. The third kappa shape index (κ3) is 4.29. The zero-order valence-electron chi connectivity index (χ0n) is 16.9. The molecule has 4 rings (SSSR count). The average molecular weight is 428 g/mol. The van der Waals surface area contributed by atoms with Crippen molar-refractivity contribution >= 4 is 29.5 Å². The van der Waals surface area contributed by atoms with Gasteiger partial charge >= 0.3 is 0 Å². The maximum absolute atomic E-state index is 13.0. The van der Waals surface area contributed by atoms with Crippen LogP contribution in [0.15, 0.2) is 18.2 Å². The largest absolute Gasteiger partial charge is 0.483 e. The van der Waals surface area contributed by atoms with E-state index in [0.29, 0.717) is 12.5 Å². The number of ether oxygens (including phenoxy) is 1. The first-order chi connectivity index (χ1) is 15.0. The summed E-state index contributed by atoms with van der Waals surface area (Å²) in [5.74, 6) is -2.23. The molecule has 1 aromatic carbocycles. The van der Waals surface area contributed by atoms with Crippen LogP contribution in [0.3, 0.4) is 0 Å². The first kappa shape index (κ1) is 21.0. The number of carbonyl (C=O) groups is 5. The van der Waals surface area contributed by atoms with Gasteiger partial charge in [0.2, 0.25) is 11.8 Å². The highest BCUT2D eigenvalue weighted by Gasteiger charge is 2.46. The normalized spacial score (nSPS) is 23.4. The number of hydrogen-bond donors (Lipinski definition) is 3. The Morgan fingerprint density at radius 1 is 1.16 bits per heavy atom. The van der Waals surface area contributed by atoms with Crippen molar-refractivity contribution in [3.8, 4) is 5.75 Å². The number of piperidine rings is 2. The number of benzene rings is 1. The molecule has 2 atom stereocenters. The van der Waals surface area contributed by atoms with Gasteiger partial charge in [-0.3, -0.25) is 34.2 Å². The summed E-state index contributed by atoms with van der Waals surface area (Å²) < 4.78 is 5.57. The van der Waals surface area contributed by atoms with Gasteiger partial charge in [0.1, 0.15) is 11.8 Å². The summed E-state index contributed by atoms with van der Waals surface area (Å²) in [6, 6.07) is 3.49. The molecule has 31 heavy (non-hydrogen) atoms. The number of nitrogens with zero attached hydrogens (tertiary/aromatic N) is 1. The van der Waals surface area contributed by atoms with Crippen LogP contribution in [0.25, 0.3) is 0 Å². The predicted octanol–water partition coefficient (Wildman–Crippen LogP) is -0.418. The minimum absolute atomic E-state index is 0.0291. The van der Waals surface area contributed by atoms with Crippen molar-refractivity contribution in [1.82, 2.24) is 20.9 Å². The summed E-state index contributed by atoms with van der Waals surface area (Å²) in [5, 5.41) is 8.27. The quantitative estimate of drug-likeness (QED) is 0.524. The van der Waals surface area contributed by atoms with Crippen LogP contribution in [-0.2, 0) is 14.4 Å². The van der Waals surface area contributed by atoms with Crippen molar-refractivity contribution in [2.24, 2.45) is 5.92 Å². The van der Waals surface area contributed by atoms with Gasteiger partial charge in [0.25, 0.3) is 17.7 Å². The molecule has 0 saturated carbocycles. The van der Waals surface area contributed by atoms with Crippen LogP contribution >= 0.6 is 0 Å². The van der Waals surface area contributed by atoms with E-state index in [1.54, 1.807) is 6.07 Å². The molecule has 0 aromatic heterocycles. The maximum Gasteiger partial charge on any atom is 0.266 e. The van der Waals surface area contributed by atoms with Crippen LogP contribution in [0, 0.1) is 5.92 Å². The molecule has 5 amide bonds. The molecule has 10 nitrogen and oxygen atoms in total. The molecule has 2 saturated heterocycles. The number of imide groups is 2. The molecule has 2 fully saturated rings. The fourth-order valence-corrected chi connectivity index (χ4v) is 4.15. The van der Waals surface area contributed by atoms with Gasteiger partial charge in [0.05, 0.1) is 11.1 Å². The van der Waals surface area contributed by atoms with E-state index in [0.717, 1.165) is 30.8 Å². The van der Waals surface area contributed by atoms with Crippen molar-refractivity contribution < 1.29 is 28.7 Å². The topological polar surface area (TPSA) is 134 Å². The molecule has 3 heterocycles. The molecule has 3 aliphatic rings. The maximum atomic E-state index is 13.0. The lowest BCUT2D eigenvalue weighted by Gasteiger charge is -2.27. The van der Waals surface area contributed by atoms with Crippen molar-refractivity contribution in [2.75, 3.05) is 26.2 Å². The minimum Gasteiger partial charge on any atom is -0.483 e. The van der Waals surface area contributed by atoms with Gasteiger partial charge in [-0.2, -0.15) is 0 Å². The smallest absolute Gasteiger partial charge is 0.266 e. The first-order valence-corrected chi connectivity index (χ1v) is 10.4. The van der Waals surface area contributed by atoms with Gasteiger partial charge in [-0.25, -0.2) is 0 Å². The van der Waals surface area contributed by atoms with Crippen LogP contribution < -0.4 is 20.7 Å². The fourth-order valence-electron chi connectivity index (χ4n) is 4.15. The van der Waals surface area contributed by atoms with Crippen LogP contribution in [-0.4, -0.2) is 66.7 Å². The number of hydrogen-bond acceptors (Lipinski definition) is 7. The van der Waals surface area contributed by atoms with Crippen LogP contribution in [0.2, 0.25) is 0 Å². The SMILES string of the molecule is O=C(COc1cccc2c1C(=O)N(C1CCC(=O)NC1=O)C2=O)NCC1CCCNC1. The number of carbonyl (C=O) groups excluding carboxylic acids is 5. The minimum atomic E-state index is -1.05. The highest BCUT2D eigenvalue weighted by Crippen LogP contribution is 2.33. The van der Waals surface area contributed by atoms with E-state index in [2.05, 4.69) is 16.0 Å². The van der Waals surface area contributed by atoms with Crippen molar-refractivity contribution in [3.05, 3.63) is 29.3 Å². The van der Waals surface area contributed by atoms with Gasteiger partial charge in [-0.05, 0) is 50.4 Å². The summed E-state index contributed by atoms with van der Waals surface area (Å²) in [5.41, 5.74) is 0.141. The van der Waals surface area contributed by atoms with Crippen LogP contribution in [0.1, 0.15) is 46.4 Å². The molecule has 2 unspecified atom stereocenters. The summed E-state index contributed by atoms with van der Waals surface area (Å²) >= 11 is 0. The Bertz CT molecular complexity index is 940. The van der Waals surface area contributed by atoms with Gasteiger partial charge in [0.15, 0.2) is 6.61 Å². The molecule has 3 N–H and O–H groups in total. The standard InChI is InChI=1S/C21H24N4O6/c26-16-7-6-14(19(28)24-16)25-20(29)13-4-1-5-15(18(13)21(25)30)31-11-17(27)23-10-12-3-2-8-22-9-12/h1,4-5,12,14,22H,2-3,6-11H2,(H,23,27)(H,24,26,28). The second-order valence-corrected chi connectivity index (χ2v) is 7.93. The predicted molar refractivity (Wildman–Crippen MR) is 107 cm³/mol. The second kappa shape index (κ2) is 8.84. The number of fused-ring (bicyclic) bond motifs is 1. The summed E-state index contributed by atoms with van der Waals surface area (Å²) in [6.07, 6.45) is 2.24. The Morgan fingerprint density at radius 3 is 2.74 bits per heavy atom. The van der Waals surface area contributed by atoms with E-state index >= 15 is 0 Å². The highest BCUT2D eigenvalue weighted by molar-refractivity contribution is 6.24. The Hall–Kier alpha value is -3.27. The van der Waals surface area contributed by atoms with E-state index in [1.165, 1.54) is 12.1 Å². The molecule has 0 aliphatic carbocycles. The molecule has 0 spiro atoms. The molecular weight excluding hydrogens is 404 g/mol. The lowest BCUT2D eigenvalue weighted by atomic mass is 10.00. The Morgan fingerprint density at radius 2 is 2.00 bits per heavy atom. The van der Waals surface area contributed by atoms with Crippen molar-refractivity contribution in [2.45, 2.75) is 31.7 Å². The van der Waals surface area contributed by atoms with E-state index in [4.69, 9.17) is 4.74 Å². The van der Waals surface area contributed by atoms with E-state index in [9.17, 15) is 24.0 Å². The van der Waals surface area contributed by atoms with E-state index in [-0.39, 0.29) is 42.2 Å². The number of nitrogens with one attached hydrogen (secondary N) is 3. The zero-order valence-corrected chi connectivity index (χ0v) is 16.9. The fraction of sp³-hybridized carbons (Fsp3) is 0.476. The second-order valence-electron chi connectivity index (χ2n) is 7.93. The van der Waals surface area contributed by atoms with Crippen molar-refractivity contribution in [3.63, 3.8) is 0 Å². The highest BCUT2D eigenvalue weighted by atomic mass is 16.5. The Labute approximate surface area is 178 Å². The Kier molecular flexibility index (Phi) is 5.99. The monoisotopic (exact) mass is 428 g/mol. The summed E-state index contributed by atoms with van der Waals surface area (Å²) in [4.78, 5) is 62.4. The molecule has 0 bridgehead atoms. The third-order valence-corrected chi connectivity index (χ3v) is 5.78. The molecule has 10 heteroatoms. The average Bonchev–Trinajstić information content (AvgIpc) is 3.02. The molecular formula is C21H24N4O6. The summed E-state index contributed by atoms with van der Waals surface area (Å²) in [7, 11) is 0. The zero-order chi connectivity index (χ0) is 22.0. The van der Waals surface area contributed by atoms with Gasteiger partial charge in [-0.1, -0.05) is 6.07 Å². The van der Waals surface area contributed by atoms with Gasteiger partial charge in [0, 0.05) is 13.0 Å². The van der Waals surface area contributed by atoms with Gasteiger partial charge < -0.3 is 15.4 Å². The van der Waals surface area contributed by atoms with Crippen LogP contribution in [0.5, 0.6) is 5.75 Å². The third-order valence-electron chi connectivity index (χ3n) is 5.78. The number of amides is 5. The van der Waals surface area contributed by atoms with E-state index < -0.39 is 29.7 Å². The van der Waals surface area contributed by atoms with Gasteiger partial charge in [-0.15, -0.1) is 0 Å². The first-order valence-electron chi connectivity index (χ1n) is 10.4. The van der Waals surface area contributed by atoms with E-state index in [1.807, 2.05) is 0 Å². The molecule has 3 aliphatic heterocycles. The lowest BCUT2D eigenvalue weighted by Crippen LogP contribution is -2.54.